The molecule has 0 unspecified atom stereocenters. The van der Waals surface area contributed by atoms with Gasteiger partial charge in [0.2, 0.25) is 5.91 Å². The lowest BCUT2D eigenvalue weighted by Gasteiger charge is -2.12. The highest BCUT2D eigenvalue weighted by molar-refractivity contribution is 7.99. The number of nitrogens with zero attached hydrogens (tertiary/aromatic N) is 2. The third-order valence-corrected chi connectivity index (χ3v) is 6.63. The van der Waals surface area contributed by atoms with Crippen LogP contribution >= 0.6 is 11.8 Å². The molecule has 0 atom stereocenters. The molecular formula is C25H24N4O3S. The zero-order valence-corrected chi connectivity index (χ0v) is 19.0. The SMILES string of the molecule is COc1ccc(CNC(=O)CSc2nc3c(-c4ccccc4)c[nH]c3c(=O)n2C2CC2)cc1. The fraction of sp³-hybridized carbons (Fsp3) is 0.240. The summed E-state index contributed by atoms with van der Waals surface area (Å²) >= 11 is 1.31. The first-order valence-electron chi connectivity index (χ1n) is 10.9. The number of rotatable bonds is 8. The second-order valence-corrected chi connectivity index (χ2v) is 8.95. The van der Waals surface area contributed by atoms with Gasteiger partial charge >= 0.3 is 0 Å². The van der Waals surface area contributed by atoms with Crippen LogP contribution in [0.5, 0.6) is 5.75 Å². The summed E-state index contributed by atoms with van der Waals surface area (Å²) in [6.45, 7) is 0.432. The number of thioether (sulfide) groups is 1. The number of aromatic nitrogens is 3. The van der Waals surface area contributed by atoms with Gasteiger partial charge in [-0.3, -0.25) is 14.2 Å². The summed E-state index contributed by atoms with van der Waals surface area (Å²) in [6, 6.07) is 17.6. The van der Waals surface area contributed by atoms with E-state index in [-0.39, 0.29) is 23.3 Å². The summed E-state index contributed by atoms with van der Waals surface area (Å²) in [5, 5.41) is 3.52. The highest BCUT2D eigenvalue weighted by Gasteiger charge is 2.29. The van der Waals surface area contributed by atoms with Gasteiger partial charge < -0.3 is 15.0 Å². The van der Waals surface area contributed by atoms with Crippen LogP contribution in [0.3, 0.4) is 0 Å². The number of hydrogen-bond acceptors (Lipinski definition) is 5. The predicted octanol–water partition coefficient (Wildman–Crippen LogP) is 4.14. The van der Waals surface area contributed by atoms with Crippen LogP contribution in [0.2, 0.25) is 0 Å². The second kappa shape index (κ2) is 9.15. The first kappa shape index (κ1) is 21.3. The van der Waals surface area contributed by atoms with Crippen molar-refractivity contribution in [1.82, 2.24) is 19.9 Å². The summed E-state index contributed by atoms with van der Waals surface area (Å²) in [7, 11) is 1.62. The van der Waals surface area contributed by atoms with Gasteiger partial charge in [-0.05, 0) is 36.1 Å². The van der Waals surface area contributed by atoms with Gasteiger partial charge in [-0.15, -0.1) is 0 Å². The molecule has 0 spiro atoms. The van der Waals surface area contributed by atoms with Gasteiger partial charge in [0.1, 0.15) is 16.8 Å². The highest BCUT2D eigenvalue weighted by Crippen LogP contribution is 2.37. The molecule has 1 amide bonds. The van der Waals surface area contributed by atoms with E-state index in [1.54, 1.807) is 11.7 Å². The molecule has 1 aliphatic rings. The molecular weight excluding hydrogens is 436 g/mol. The van der Waals surface area contributed by atoms with Gasteiger partial charge in [0.25, 0.3) is 5.56 Å². The van der Waals surface area contributed by atoms with Crippen LogP contribution in [-0.4, -0.2) is 33.3 Å². The highest BCUT2D eigenvalue weighted by atomic mass is 32.2. The Hall–Kier alpha value is -3.52. The van der Waals surface area contributed by atoms with E-state index >= 15 is 0 Å². The van der Waals surface area contributed by atoms with Crippen molar-refractivity contribution >= 4 is 28.7 Å². The van der Waals surface area contributed by atoms with E-state index < -0.39 is 0 Å². The van der Waals surface area contributed by atoms with E-state index in [9.17, 15) is 9.59 Å². The molecule has 2 aromatic carbocycles. The first-order chi connectivity index (χ1) is 16.1. The molecule has 1 aliphatic carbocycles. The van der Waals surface area contributed by atoms with Crippen molar-refractivity contribution in [2.45, 2.75) is 30.6 Å². The number of H-pyrrole nitrogens is 1. The lowest BCUT2D eigenvalue weighted by Crippen LogP contribution is -2.26. The zero-order valence-electron chi connectivity index (χ0n) is 18.2. The molecule has 1 fully saturated rings. The first-order valence-corrected chi connectivity index (χ1v) is 11.8. The van der Waals surface area contributed by atoms with Crippen LogP contribution in [0.15, 0.2) is 70.7 Å². The molecule has 0 bridgehead atoms. The van der Waals surface area contributed by atoms with Crippen LogP contribution in [-0.2, 0) is 11.3 Å². The summed E-state index contributed by atoms with van der Waals surface area (Å²) in [4.78, 5) is 33.7. The van der Waals surface area contributed by atoms with Crippen molar-refractivity contribution in [1.29, 1.82) is 0 Å². The van der Waals surface area contributed by atoms with Crippen molar-refractivity contribution in [3.05, 3.63) is 76.7 Å². The van der Waals surface area contributed by atoms with Crippen molar-refractivity contribution in [2.24, 2.45) is 0 Å². The number of carbonyl (C=O) groups is 1. The van der Waals surface area contributed by atoms with Gasteiger partial charge in [0.15, 0.2) is 5.16 Å². The largest absolute Gasteiger partial charge is 0.497 e. The molecule has 2 heterocycles. The van der Waals surface area contributed by atoms with E-state index in [1.807, 2.05) is 60.8 Å². The molecule has 33 heavy (non-hydrogen) atoms. The number of amides is 1. The molecule has 2 N–H and O–H groups in total. The predicted molar refractivity (Wildman–Crippen MR) is 130 cm³/mol. The van der Waals surface area contributed by atoms with Gasteiger partial charge in [-0.1, -0.05) is 54.2 Å². The topological polar surface area (TPSA) is 89.0 Å². The second-order valence-electron chi connectivity index (χ2n) is 8.01. The van der Waals surface area contributed by atoms with Crippen LogP contribution < -0.4 is 15.6 Å². The lowest BCUT2D eigenvalue weighted by molar-refractivity contribution is -0.118. The minimum absolute atomic E-state index is 0.0779. The fourth-order valence-corrected chi connectivity index (χ4v) is 4.66. The Labute approximate surface area is 195 Å². The number of ether oxygens (including phenoxy) is 1. The molecule has 8 heteroatoms. The van der Waals surface area contributed by atoms with Crippen LogP contribution in [0, 0.1) is 0 Å². The van der Waals surface area contributed by atoms with E-state index in [0.717, 1.165) is 35.3 Å². The van der Waals surface area contributed by atoms with Gasteiger partial charge in [-0.25, -0.2) is 4.98 Å². The summed E-state index contributed by atoms with van der Waals surface area (Å²) < 4.78 is 6.91. The van der Waals surface area contributed by atoms with Crippen LogP contribution in [0.1, 0.15) is 24.4 Å². The normalized spacial score (nSPS) is 13.2. The molecule has 1 saturated carbocycles. The molecule has 0 aliphatic heterocycles. The molecule has 0 saturated heterocycles. The maximum Gasteiger partial charge on any atom is 0.278 e. The Morgan fingerprint density at radius 2 is 1.94 bits per heavy atom. The van der Waals surface area contributed by atoms with Crippen molar-refractivity contribution in [2.75, 3.05) is 12.9 Å². The molecule has 7 nitrogen and oxygen atoms in total. The molecule has 4 aromatic rings. The van der Waals surface area contributed by atoms with E-state index in [1.165, 1.54) is 11.8 Å². The number of benzene rings is 2. The fourth-order valence-electron chi connectivity index (χ4n) is 3.77. The quantitative estimate of drug-likeness (QED) is 0.305. The summed E-state index contributed by atoms with van der Waals surface area (Å²) in [5.74, 6) is 0.857. The molecule has 5 rings (SSSR count). The third-order valence-electron chi connectivity index (χ3n) is 5.68. The summed E-state index contributed by atoms with van der Waals surface area (Å²) in [6.07, 6.45) is 3.74. The maximum atomic E-state index is 13.3. The van der Waals surface area contributed by atoms with Gasteiger partial charge in [0, 0.05) is 24.3 Å². The Morgan fingerprint density at radius 3 is 2.64 bits per heavy atom. The smallest absolute Gasteiger partial charge is 0.278 e. The van der Waals surface area contributed by atoms with Crippen molar-refractivity contribution in [3.63, 3.8) is 0 Å². The van der Waals surface area contributed by atoms with Crippen molar-refractivity contribution in [3.8, 4) is 16.9 Å². The number of methoxy groups -OCH3 is 1. The Morgan fingerprint density at radius 1 is 1.18 bits per heavy atom. The number of nitrogens with one attached hydrogen (secondary N) is 2. The van der Waals surface area contributed by atoms with Gasteiger partial charge in [0.05, 0.1) is 12.9 Å². The van der Waals surface area contributed by atoms with Gasteiger partial charge in [-0.2, -0.15) is 0 Å². The van der Waals surface area contributed by atoms with E-state index in [0.29, 0.717) is 22.7 Å². The Bertz CT molecular complexity index is 1340. The minimum Gasteiger partial charge on any atom is -0.497 e. The van der Waals surface area contributed by atoms with Crippen molar-refractivity contribution < 1.29 is 9.53 Å². The average Bonchev–Trinajstić information content (AvgIpc) is 3.60. The number of hydrogen-bond donors (Lipinski definition) is 2. The number of aromatic amines is 1. The minimum atomic E-state index is -0.107. The lowest BCUT2D eigenvalue weighted by atomic mass is 10.1. The van der Waals surface area contributed by atoms with Crippen LogP contribution in [0.25, 0.3) is 22.2 Å². The summed E-state index contributed by atoms with van der Waals surface area (Å²) in [5.41, 5.74) is 3.94. The third kappa shape index (κ3) is 4.52. The standard InChI is InChI=1S/C25H24N4O3S/c1-32-19-11-7-16(8-12-19)13-26-21(30)15-33-25-28-22-20(17-5-3-2-4-6-17)14-27-23(22)24(31)29(25)18-9-10-18/h2-8,11-12,14,18,27H,9-10,13,15H2,1H3,(H,26,30). The van der Waals surface area contributed by atoms with E-state index in [4.69, 9.17) is 9.72 Å². The monoisotopic (exact) mass is 460 g/mol. The average molecular weight is 461 g/mol. The van der Waals surface area contributed by atoms with Crippen LogP contribution in [0.4, 0.5) is 0 Å². The number of fused-ring (bicyclic) bond motifs is 1. The number of carbonyl (C=O) groups excluding carboxylic acids is 1. The zero-order chi connectivity index (χ0) is 22.8. The molecule has 168 valence electrons. The Balaban J connectivity index is 1.36. The Kier molecular flexibility index (Phi) is 5.92. The van der Waals surface area contributed by atoms with E-state index in [2.05, 4.69) is 10.3 Å². The molecule has 0 radical (unpaired) electrons. The maximum absolute atomic E-state index is 13.3. The molecule has 2 aromatic heterocycles.